The van der Waals surface area contributed by atoms with Gasteiger partial charge >= 0.3 is 7.12 Å². The number of nitrogens with two attached hydrogens (primary N) is 2. The van der Waals surface area contributed by atoms with Crippen LogP contribution in [0.15, 0.2) is 85.5 Å². The molecule has 2 aromatic carbocycles. The molecule has 1 fully saturated rings. The summed E-state index contributed by atoms with van der Waals surface area (Å²) in [5.74, 6) is -2.70. The third-order valence-corrected chi connectivity index (χ3v) is 26.3. The molecule has 0 radical (unpaired) electrons. The summed E-state index contributed by atoms with van der Waals surface area (Å²) in [5, 5.41) is 27.2. The molecule has 1 saturated heterocycles. The second kappa shape index (κ2) is 28.1. The molecule has 8 aromatic rings. The summed E-state index contributed by atoms with van der Waals surface area (Å²) < 4.78 is 69.7. The van der Waals surface area contributed by atoms with Crippen LogP contribution in [0.25, 0.3) is 33.3 Å². The van der Waals surface area contributed by atoms with Gasteiger partial charge in [-0.3, -0.25) is 0 Å². The van der Waals surface area contributed by atoms with Crippen molar-refractivity contribution in [1.82, 2.24) is 49.5 Å². The first-order valence-corrected chi connectivity index (χ1v) is 32.9. The highest BCUT2D eigenvalue weighted by molar-refractivity contribution is 8.73. The first kappa shape index (κ1) is 60.5. The number of halogens is 5. The normalized spacial score (nSPS) is 12.6. The van der Waals surface area contributed by atoms with E-state index in [0.29, 0.717) is 39.0 Å². The molecular formula is C43H38BClF4N14O2S10. The average molecular weight is 1230 g/mol. The predicted octanol–water partition coefficient (Wildman–Crippen LogP) is 6.92. The molecule has 75 heavy (non-hydrogen) atoms. The SMILES string of the molecule is C.CC1(C)OB(c2ccnc(C#N)c2)OC1(C)C.N#Cc1cc(-c2nc(N)nc3c2cnn3Cc2c(F)cccc2F)ccn1.Nc1nc(Cl)c2cnn(Cc3c(F)cccc3F)c2n1.S=S=S=S=S=S=S=S=S=S. The molecule has 0 aliphatic carbocycles. The standard InChI is InChI=1S/C18H11F2N7.C12H15BN2O2.C12H8ClF2N5.CH4.S10/c19-14-2-1-3-15(20)13(14)9-27-17-12(8-24-27)16(25-18(22)26-17)10-4-5-23-11(6-10)7-21;1-11(2)12(3,4)17-13(16-11)9-5-6-15-10(7-9)8-14;13-10-6-4-17-20(11(6)19-12(16)18-10)5-7-8(14)2-1-3-9(7)15;;1-3-5-7-9-10-8-6-4-2/h1-6,8H,9H2,(H2,22,25,26);5-7H,1-4H3;1-4H,5H2,(H2,16,18,19);1H4;. The molecule has 1 aliphatic rings. The number of fused-ring (bicyclic) bond motifs is 2. The van der Waals surface area contributed by atoms with Crippen molar-refractivity contribution < 1.29 is 26.9 Å². The third kappa shape index (κ3) is 15.8. The van der Waals surface area contributed by atoms with E-state index < -0.39 is 30.4 Å². The van der Waals surface area contributed by atoms with Gasteiger partial charge in [0, 0.05) is 123 Å². The number of hydrogen-bond donors (Lipinski definition) is 2. The van der Waals surface area contributed by atoms with Gasteiger partial charge in [0.2, 0.25) is 11.9 Å². The van der Waals surface area contributed by atoms with Crippen LogP contribution in [0, 0.1) is 45.9 Å². The first-order chi connectivity index (χ1) is 35.4. The number of nitrogen functional groups attached to an aromatic ring is 2. The molecule has 390 valence electrons. The van der Waals surface area contributed by atoms with E-state index in [1.54, 1.807) is 77.7 Å². The van der Waals surface area contributed by atoms with Gasteiger partial charge in [-0.25, -0.2) is 46.9 Å². The number of nitriles is 2. The first-order valence-electron chi connectivity index (χ1n) is 20.6. The summed E-state index contributed by atoms with van der Waals surface area (Å²) in [4.78, 5) is 24.0. The van der Waals surface area contributed by atoms with Crippen LogP contribution in [0.3, 0.4) is 0 Å². The predicted molar refractivity (Wildman–Crippen MR) is 308 cm³/mol. The highest BCUT2D eigenvalue weighted by Crippen LogP contribution is 2.36. The van der Waals surface area contributed by atoms with Gasteiger partial charge in [-0.15, -0.1) is 0 Å². The molecule has 9 rings (SSSR count). The maximum atomic E-state index is 14.0. The minimum atomic E-state index is -0.673. The second-order valence-corrected chi connectivity index (χ2v) is 30.1. The summed E-state index contributed by atoms with van der Waals surface area (Å²) in [7, 11) is 12.3. The van der Waals surface area contributed by atoms with Crippen LogP contribution in [0.4, 0.5) is 29.5 Å². The Balaban J connectivity index is 0.000000194. The van der Waals surface area contributed by atoms with Gasteiger partial charge in [0.05, 0.1) is 53.2 Å². The Labute approximate surface area is 465 Å². The molecule has 16 nitrogen and oxygen atoms in total. The molecule has 4 N–H and O–H groups in total. The monoisotopic (exact) mass is 1220 g/mol. The maximum absolute atomic E-state index is 14.0. The Bertz CT molecular complexity index is 3780. The van der Waals surface area contributed by atoms with Crippen LogP contribution < -0.4 is 16.9 Å². The fraction of sp³-hybridized carbons (Fsp3) is 0.209. The van der Waals surface area contributed by atoms with Crippen LogP contribution in [0.1, 0.15) is 57.6 Å². The van der Waals surface area contributed by atoms with Crippen LogP contribution in [-0.4, -0.2) is 67.8 Å². The lowest BCUT2D eigenvalue weighted by molar-refractivity contribution is 0.00578. The summed E-state index contributed by atoms with van der Waals surface area (Å²) >= 11 is 15.2. The number of rotatable bonds is 6. The zero-order valence-electron chi connectivity index (χ0n) is 38.4. The van der Waals surface area contributed by atoms with Crippen LogP contribution in [-0.2, 0) is 116 Å². The van der Waals surface area contributed by atoms with Crippen LogP contribution >= 0.6 is 11.6 Å². The highest BCUT2D eigenvalue weighted by Gasteiger charge is 2.51. The van der Waals surface area contributed by atoms with Crippen LogP contribution in [0.5, 0.6) is 0 Å². The number of nitrogens with zero attached hydrogens (tertiary/aromatic N) is 12. The highest BCUT2D eigenvalue weighted by atomic mass is 35.5. The van der Waals surface area contributed by atoms with E-state index in [4.69, 9.17) is 42.9 Å². The lowest BCUT2D eigenvalue weighted by atomic mass is 9.79. The number of anilines is 2. The molecule has 0 spiro atoms. The lowest BCUT2D eigenvalue weighted by Crippen LogP contribution is -2.41. The van der Waals surface area contributed by atoms with E-state index in [1.165, 1.54) is 82.1 Å². The minimum absolute atomic E-state index is 0. The maximum Gasteiger partial charge on any atom is 0.494 e. The summed E-state index contributed by atoms with van der Waals surface area (Å²) in [6, 6.07) is 18.0. The van der Waals surface area contributed by atoms with Crippen molar-refractivity contribution in [2.24, 2.45) is 0 Å². The summed E-state index contributed by atoms with van der Waals surface area (Å²) in [6.45, 7) is 7.73. The Morgan fingerprint density at radius 1 is 0.653 bits per heavy atom. The van der Waals surface area contributed by atoms with Gasteiger partial charge in [-0.05, 0) is 81.7 Å². The minimum Gasteiger partial charge on any atom is -0.399 e. The van der Waals surface area contributed by atoms with E-state index in [2.05, 4.69) is 62.5 Å². The Hall–Kier alpha value is -5.39. The molecule has 7 heterocycles. The van der Waals surface area contributed by atoms with E-state index in [1.807, 2.05) is 45.9 Å². The van der Waals surface area contributed by atoms with Gasteiger partial charge in [0.1, 0.15) is 51.9 Å². The Kier molecular flexibility index (Phi) is 22.7. The Morgan fingerprint density at radius 3 is 1.59 bits per heavy atom. The summed E-state index contributed by atoms with van der Waals surface area (Å²) in [6.07, 6.45) is 6.00. The fourth-order valence-electron chi connectivity index (χ4n) is 6.37. The van der Waals surface area contributed by atoms with Crippen molar-refractivity contribution in [3.05, 3.63) is 136 Å². The largest absolute Gasteiger partial charge is 0.494 e. The van der Waals surface area contributed by atoms with E-state index >= 15 is 0 Å². The lowest BCUT2D eigenvalue weighted by Gasteiger charge is -2.32. The van der Waals surface area contributed by atoms with E-state index in [0.717, 1.165) is 5.46 Å². The van der Waals surface area contributed by atoms with Crippen molar-refractivity contribution in [3.8, 4) is 23.4 Å². The van der Waals surface area contributed by atoms with Crippen molar-refractivity contribution in [3.63, 3.8) is 0 Å². The number of pyridine rings is 2. The Morgan fingerprint density at radius 2 is 1.09 bits per heavy atom. The van der Waals surface area contributed by atoms with Gasteiger partial charge < -0.3 is 20.8 Å². The molecule has 32 heteroatoms. The molecule has 0 unspecified atom stereocenters. The number of aromatic nitrogens is 10. The van der Waals surface area contributed by atoms with Gasteiger partial charge in [-0.2, -0.15) is 30.7 Å². The fourth-order valence-corrected chi connectivity index (χ4v) is 23.1. The van der Waals surface area contributed by atoms with Gasteiger partial charge in [-0.1, -0.05) is 31.2 Å². The smallest absolute Gasteiger partial charge is 0.399 e. The zero-order chi connectivity index (χ0) is 53.6. The number of hydrogen-bond acceptors (Lipinski definition) is 16. The molecule has 6 aromatic heterocycles. The van der Waals surface area contributed by atoms with Crippen molar-refractivity contribution >= 4 is 152 Å². The summed E-state index contributed by atoms with van der Waals surface area (Å²) in [5.41, 5.74) is 13.5. The molecule has 0 saturated carbocycles. The quantitative estimate of drug-likeness (QED) is 0.0977. The molecule has 0 atom stereocenters. The molecule has 0 amide bonds. The van der Waals surface area contributed by atoms with E-state index in [-0.39, 0.29) is 65.6 Å². The van der Waals surface area contributed by atoms with Gasteiger partial charge in [0.25, 0.3) is 0 Å². The van der Waals surface area contributed by atoms with Crippen LogP contribution in [0.2, 0.25) is 5.15 Å². The second-order valence-electron chi connectivity index (χ2n) is 15.5. The molecule has 0 bridgehead atoms. The zero-order valence-corrected chi connectivity index (χ0v) is 47.3. The third-order valence-electron chi connectivity index (χ3n) is 10.5. The number of benzene rings is 2. The average Bonchev–Trinajstić information content (AvgIpc) is 4.04. The molecule has 1 aliphatic heterocycles. The van der Waals surface area contributed by atoms with Gasteiger partial charge in [0.15, 0.2) is 11.3 Å². The van der Waals surface area contributed by atoms with Crippen molar-refractivity contribution in [1.29, 1.82) is 10.5 Å². The van der Waals surface area contributed by atoms with E-state index in [9.17, 15) is 17.6 Å². The van der Waals surface area contributed by atoms with Crippen molar-refractivity contribution in [2.45, 2.75) is 59.4 Å². The van der Waals surface area contributed by atoms with Crippen molar-refractivity contribution in [2.75, 3.05) is 11.5 Å². The topological polar surface area (TPSA) is 231 Å². The molecular weight excluding hydrogens is 1190 g/mol.